The third-order valence-corrected chi connectivity index (χ3v) is 17.1. The van der Waals surface area contributed by atoms with E-state index < -0.39 is 19.9 Å². The van der Waals surface area contributed by atoms with E-state index >= 15 is 0 Å². The summed E-state index contributed by atoms with van der Waals surface area (Å²) in [5, 5.41) is 2.91. The van der Waals surface area contributed by atoms with Crippen molar-refractivity contribution in [2.24, 2.45) is 4.99 Å². The lowest BCUT2D eigenvalue weighted by Crippen LogP contribution is -2.45. The molecular weight excluding hydrogens is 839 g/mol. The summed E-state index contributed by atoms with van der Waals surface area (Å²) in [5.41, 5.74) is 2.27. The van der Waals surface area contributed by atoms with Crippen molar-refractivity contribution >= 4 is 37.6 Å². The molecule has 4 aromatic carbocycles. The number of methoxy groups -OCH3 is 3. The number of hydrogen-bond acceptors (Lipinski definition) is 10. The number of carbonyl (C=O) groups is 4. The number of aliphatic imine (C=N–C) groups is 1. The molecule has 4 aromatic rings. The molecule has 0 radical (unpaired) electrons. The summed E-state index contributed by atoms with van der Waals surface area (Å²) in [4.78, 5) is 58.0. The number of nitrogens with zero attached hydrogens (tertiary/aromatic N) is 2. The number of benzene rings is 4. The van der Waals surface area contributed by atoms with Crippen molar-refractivity contribution in [2.45, 2.75) is 102 Å². The molecule has 2 amide bonds. The van der Waals surface area contributed by atoms with Gasteiger partial charge >= 0.3 is 5.97 Å². The number of carbonyl (C=O) groups excluding carboxylic acids is 4. The van der Waals surface area contributed by atoms with Gasteiger partial charge in [0.2, 0.25) is 11.8 Å². The monoisotopic (exact) mass is 905 g/mol. The Labute approximate surface area is 386 Å². The van der Waals surface area contributed by atoms with E-state index in [0.29, 0.717) is 44.3 Å². The molecule has 0 bridgehead atoms. The maximum Gasteiger partial charge on any atom is 0.351 e. The highest BCUT2D eigenvalue weighted by Crippen LogP contribution is 2.43. The average Bonchev–Trinajstić information content (AvgIpc) is 3.72. The molecule has 2 atom stereocenters. The van der Waals surface area contributed by atoms with Crippen molar-refractivity contribution < 1.29 is 42.6 Å². The standard InChI is InChI=1S/C52H67N3O9Si/c1-51(2,3)65(7,8)64-45-34-42(37-63-52(39-20-14-10-15-21-39,40-23-27-43(60-4)28-24-40)41-25-29-44(61-5)30-26-41)55(36-45)49(58)22-16-11-17-33-53-48(57)32-31-46(50(59)62-6)54-35-47(56)38-18-12-9-13-19-38/h9-10,12-15,18-21,23-30,42,45H,11,16-17,22,31-37H2,1-8H3,(H,53,57)/t42-,45+/m0/s1. The van der Waals surface area contributed by atoms with Crippen LogP contribution in [0.3, 0.4) is 0 Å². The van der Waals surface area contributed by atoms with Gasteiger partial charge in [-0.1, -0.05) is 112 Å². The fraction of sp³-hybridized carbons (Fsp3) is 0.442. The largest absolute Gasteiger partial charge is 0.497 e. The van der Waals surface area contributed by atoms with Crippen LogP contribution in [-0.4, -0.2) is 102 Å². The Morgan fingerprint density at radius 2 is 1.29 bits per heavy atom. The Morgan fingerprint density at radius 3 is 1.85 bits per heavy atom. The predicted molar refractivity (Wildman–Crippen MR) is 256 cm³/mol. The zero-order valence-corrected chi connectivity index (χ0v) is 40.4. The van der Waals surface area contributed by atoms with Crippen LogP contribution in [-0.2, 0) is 33.9 Å². The third-order valence-electron chi connectivity index (χ3n) is 12.5. The van der Waals surface area contributed by atoms with Crippen LogP contribution in [0.25, 0.3) is 0 Å². The van der Waals surface area contributed by atoms with Crippen molar-refractivity contribution in [1.29, 1.82) is 0 Å². The second-order valence-corrected chi connectivity index (χ2v) is 22.7. The molecule has 1 N–H and O–H groups in total. The first-order valence-electron chi connectivity index (χ1n) is 22.5. The maximum atomic E-state index is 14.2. The number of likely N-dealkylation sites (tertiary alicyclic amines) is 1. The number of ether oxygens (including phenoxy) is 4. The van der Waals surface area contributed by atoms with Crippen LogP contribution in [0.15, 0.2) is 114 Å². The van der Waals surface area contributed by atoms with E-state index in [-0.39, 0.29) is 66.5 Å². The van der Waals surface area contributed by atoms with Gasteiger partial charge in [0.05, 0.1) is 40.1 Å². The third kappa shape index (κ3) is 13.5. The molecule has 0 saturated carbocycles. The molecular formula is C52H67N3O9Si. The van der Waals surface area contributed by atoms with Crippen LogP contribution in [0.4, 0.5) is 0 Å². The minimum absolute atomic E-state index is 0.00275. The number of esters is 1. The summed E-state index contributed by atoms with van der Waals surface area (Å²) in [7, 11) is 2.37. The van der Waals surface area contributed by atoms with Crippen LogP contribution in [0.2, 0.25) is 18.1 Å². The van der Waals surface area contributed by atoms with Gasteiger partial charge < -0.3 is 33.6 Å². The van der Waals surface area contributed by atoms with Gasteiger partial charge in [-0.3, -0.25) is 19.4 Å². The lowest BCUT2D eigenvalue weighted by atomic mass is 9.80. The molecule has 1 saturated heterocycles. The van der Waals surface area contributed by atoms with Gasteiger partial charge in [-0.15, -0.1) is 0 Å². The van der Waals surface area contributed by atoms with Crippen molar-refractivity contribution in [2.75, 3.05) is 47.6 Å². The summed E-state index contributed by atoms with van der Waals surface area (Å²) >= 11 is 0. The zero-order chi connectivity index (χ0) is 47.0. The van der Waals surface area contributed by atoms with E-state index in [0.717, 1.165) is 34.6 Å². The number of rotatable bonds is 23. The van der Waals surface area contributed by atoms with Crippen molar-refractivity contribution in [3.05, 3.63) is 131 Å². The molecule has 348 valence electrons. The molecule has 65 heavy (non-hydrogen) atoms. The summed E-state index contributed by atoms with van der Waals surface area (Å²) in [6.07, 6.45) is 2.97. The van der Waals surface area contributed by atoms with E-state index in [9.17, 15) is 19.2 Å². The van der Waals surface area contributed by atoms with Crippen molar-refractivity contribution in [3.8, 4) is 11.5 Å². The number of amides is 2. The zero-order valence-electron chi connectivity index (χ0n) is 39.4. The fourth-order valence-corrected chi connectivity index (χ4v) is 9.18. The second-order valence-electron chi connectivity index (χ2n) is 18.0. The van der Waals surface area contributed by atoms with Gasteiger partial charge in [-0.05, 0) is 78.4 Å². The number of hydrogen-bond donors (Lipinski definition) is 1. The van der Waals surface area contributed by atoms with Crippen LogP contribution in [0, 0.1) is 0 Å². The van der Waals surface area contributed by atoms with E-state index in [4.69, 9.17) is 23.4 Å². The highest BCUT2D eigenvalue weighted by atomic mass is 28.4. The molecule has 0 spiro atoms. The Hall–Kier alpha value is -5.63. The minimum atomic E-state index is -2.17. The molecule has 13 heteroatoms. The van der Waals surface area contributed by atoms with Gasteiger partial charge in [0.25, 0.3) is 0 Å². The summed E-state index contributed by atoms with van der Waals surface area (Å²) in [6.45, 7) is 12.1. The Bertz CT molecular complexity index is 2140. The quantitative estimate of drug-likeness (QED) is 0.0193. The summed E-state index contributed by atoms with van der Waals surface area (Å²) < 4.78 is 30.2. The molecule has 0 aromatic heterocycles. The number of nitrogens with one attached hydrogen (secondary N) is 1. The molecule has 0 aliphatic carbocycles. The lowest BCUT2D eigenvalue weighted by molar-refractivity contribution is -0.134. The molecule has 1 aliphatic heterocycles. The number of Topliss-reactive ketones (excluding diaryl/α,β-unsaturated/α-hetero) is 1. The summed E-state index contributed by atoms with van der Waals surface area (Å²) in [6, 6.07) is 34.5. The number of unbranched alkanes of at least 4 members (excludes halogenated alkanes) is 2. The first kappa shape index (κ1) is 50.4. The van der Waals surface area contributed by atoms with Gasteiger partial charge in [-0.2, -0.15) is 0 Å². The first-order chi connectivity index (χ1) is 31.1. The van der Waals surface area contributed by atoms with Crippen LogP contribution in [0.5, 0.6) is 11.5 Å². The highest BCUT2D eigenvalue weighted by molar-refractivity contribution is 6.74. The first-order valence-corrected chi connectivity index (χ1v) is 25.4. The topological polar surface area (TPSA) is 142 Å². The van der Waals surface area contributed by atoms with E-state index in [1.807, 2.05) is 77.7 Å². The Kier molecular flexibility index (Phi) is 18.2. The SMILES string of the molecule is COC(=O)C(CCC(=O)NCCCCCC(=O)N1C[C@H](O[Si](C)(C)C(C)(C)C)C[C@H]1COC(c1ccccc1)(c1ccc(OC)cc1)c1ccc(OC)cc1)=NCC(=O)c1ccccc1. The maximum absolute atomic E-state index is 14.2. The normalized spacial score (nSPS) is 15.6. The Balaban J connectivity index is 1.25. The fourth-order valence-electron chi connectivity index (χ4n) is 7.83. The minimum Gasteiger partial charge on any atom is -0.497 e. The van der Waals surface area contributed by atoms with Crippen molar-refractivity contribution in [3.63, 3.8) is 0 Å². The van der Waals surface area contributed by atoms with Crippen molar-refractivity contribution in [1.82, 2.24) is 10.2 Å². The molecule has 12 nitrogen and oxygen atoms in total. The van der Waals surface area contributed by atoms with Gasteiger partial charge in [-0.25, -0.2) is 4.79 Å². The van der Waals surface area contributed by atoms with Crippen LogP contribution >= 0.6 is 0 Å². The van der Waals surface area contributed by atoms with E-state index in [2.05, 4.69) is 56.3 Å². The van der Waals surface area contributed by atoms with Gasteiger partial charge in [0.15, 0.2) is 14.1 Å². The number of ketones is 1. The second kappa shape index (κ2) is 23.5. The predicted octanol–water partition coefficient (Wildman–Crippen LogP) is 8.96. The van der Waals surface area contributed by atoms with E-state index in [1.165, 1.54) is 7.11 Å². The average molecular weight is 906 g/mol. The lowest BCUT2D eigenvalue weighted by Gasteiger charge is -2.38. The van der Waals surface area contributed by atoms with E-state index in [1.54, 1.807) is 38.5 Å². The van der Waals surface area contributed by atoms with Gasteiger partial charge in [0, 0.05) is 37.9 Å². The van der Waals surface area contributed by atoms with Crippen LogP contribution < -0.4 is 14.8 Å². The Morgan fingerprint density at radius 1 is 0.723 bits per heavy atom. The summed E-state index contributed by atoms with van der Waals surface area (Å²) in [5.74, 6) is 0.366. The molecule has 1 heterocycles. The molecule has 0 unspecified atom stereocenters. The van der Waals surface area contributed by atoms with Gasteiger partial charge in [0.1, 0.15) is 29.4 Å². The molecule has 1 aliphatic rings. The smallest absolute Gasteiger partial charge is 0.351 e. The molecule has 5 rings (SSSR count). The highest BCUT2D eigenvalue weighted by Gasteiger charge is 2.45. The van der Waals surface area contributed by atoms with Crippen LogP contribution in [0.1, 0.15) is 92.8 Å². The molecule has 1 fully saturated rings.